The van der Waals surface area contributed by atoms with Crippen LogP contribution >= 0.6 is 0 Å². The number of aliphatic hydroxyl groups is 2. The Kier molecular flexibility index (Phi) is 13.9. The highest BCUT2D eigenvalue weighted by atomic mass is 16.7. The zero-order valence-corrected chi connectivity index (χ0v) is 33.5. The smallest absolute Gasteiger partial charge is 0.307 e. The number of ether oxygens (including phenoxy) is 7. The van der Waals surface area contributed by atoms with Gasteiger partial charge in [-0.3, -0.25) is 9.59 Å². The fraction of sp³-hybridized carbons (Fsp3) is 0.810. The highest BCUT2D eigenvalue weighted by Crippen LogP contribution is 2.54. The molecule has 0 amide bonds. The summed E-state index contributed by atoms with van der Waals surface area (Å²) >= 11 is 0. The van der Waals surface area contributed by atoms with Gasteiger partial charge in [-0.15, -0.1) is 0 Å². The van der Waals surface area contributed by atoms with Crippen molar-refractivity contribution < 1.29 is 53.0 Å². The van der Waals surface area contributed by atoms with Gasteiger partial charge >= 0.3 is 5.97 Å². The van der Waals surface area contributed by atoms with Gasteiger partial charge < -0.3 is 48.3 Å². The van der Waals surface area contributed by atoms with Gasteiger partial charge in [0.25, 0.3) is 0 Å². The number of esters is 1. The molecule has 3 heterocycles. The average Bonchev–Trinajstić information content (AvgIpc) is 3.70. The molecular weight excluding hydrogens is 694 g/mol. The van der Waals surface area contributed by atoms with Gasteiger partial charge in [0.1, 0.15) is 24.4 Å². The Labute approximate surface area is 321 Å². The lowest BCUT2D eigenvalue weighted by atomic mass is 9.70. The molecule has 12 heteroatoms. The van der Waals surface area contributed by atoms with Crippen LogP contribution in [0.2, 0.25) is 0 Å². The van der Waals surface area contributed by atoms with Crippen LogP contribution in [0.25, 0.3) is 0 Å². The fourth-order valence-corrected chi connectivity index (χ4v) is 10.2. The predicted octanol–water partition coefficient (Wildman–Crippen LogP) is 4.36. The van der Waals surface area contributed by atoms with Gasteiger partial charge in [0, 0.05) is 32.1 Å². The number of fused-ring (bicyclic) bond motifs is 5. The summed E-state index contributed by atoms with van der Waals surface area (Å²) in [6, 6.07) is 0.302. The maximum atomic E-state index is 14.7. The fourth-order valence-electron chi connectivity index (χ4n) is 10.2. The molecule has 7 unspecified atom stereocenters. The number of allylic oxidation sites excluding steroid dienone is 4. The lowest BCUT2D eigenvalue weighted by Crippen LogP contribution is -2.59. The zero-order valence-electron chi connectivity index (χ0n) is 33.5. The highest BCUT2D eigenvalue weighted by Gasteiger charge is 2.52. The molecule has 0 aromatic rings. The minimum Gasteiger partial charge on any atom is -0.458 e. The molecule has 0 radical (unpaired) electrons. The van der Waals surface area contributed by atoms with Crippen molar-refractivity contribution in [2.75, 3.05) is 28.3 Å². The number of methoxy groups -OCH3 is 2. The molecule has 12 nitrogen and oxygen atoms in total. The van der Waals surface area contributed by atoms with Gasteiger partial charge in [-0.25, -0.2) is 0 Å². The van der Waals surface area contributed by atoms with E-state index in [0.29, 0.717) is 30.9 Å². The van der Waals surface area contributed by atoms with Crippen molar-refractivity contribution in [3.63, 3.8) is 0 Å². The number of carbonyl (C=O) groups is 2. The third-order valence-corrected chi connectivity index (χ3v) is 13.1. The second-order valence-corrected chi connectivity index (χ2v) is 16.9. The van der Waals surface area contributed by atoms with E-state index in [0.717, 1.165) is 25.7 Å². The number of carbonyl (C=O) groups excluding carboxylic acids is 2. The largest absolute Gasteiger partial charge is 0.458 e. The van der Waals surface area contributed by atoms with Crippen molar-refractivity contribution in [3.05, 3.63) is 36.0 Å². The molecule has 1 saturated carbocycles. The average molecular weight is 760 g/mol. The molecule has 4 fully saturated rings. The molecule has 6 rings (SSSR count). The maximum Gasteiger partial charge on any atom is 0.307 e. The predicted molar refractivity (Wildman–Crippen MR) is 200 cm³/mol. The minimum atomic E-state index is -0.899. The van der Waals surface area contributed by atoms with E-state index < -0.39 is 49.0 Å². The van der Waals surface area contributed by atoms with Crippen molar-refractivity contribution in [2.45, 2.75) is 153 Å². The van der Waals surface area contributed by atoms with Gasteiger partial charge in [-0.2, -0.15) is 0 Å². The molecule has 6 aliphatic rings. The monoisotopic (exact) mass is 759 g/mol. The summed E-state index contributed by atoms with van der Waals surface area (Å²) in [7, 11) is 7.23. The molecule has 304 valence electrons. The Balaban J connectivity index is 1.22. The third-order valence-electron chi connectivity index (χ3n) is 13.1. The second kappa shape index (κ2) is 18.1. The number of hydrogen-bond acceptors (Lipinski definition) is 12. The molecule has 3 saturated heterocycles. The van der Waals surface area contributed by atoms with Crippen LogP contribution in [0.15, 0.2) is 36.0 Å². The molecule has 2 N–H and O–H groups in total. The molecule has 0 aromatic carbocycles. The van der Waals surface area contributed by atoms with E-state index in [1.54, 1.807) is 26.2 Å². The normalized spacial score (nSPS) is 45.2. The molecule has 0 bridgehead atoms. The Hall–Kier alpha value is -2.00. The van der Waals surface area contributed by atoms with E-state index in [9.17, 15) is 19.8 Å². The molecular formula is C42H65NO11. The van der Waals surface area contributed by atoms with Crippen molar-refractivity contribution in [1.29, 1.82) is 0 Å². The highest BCUT2D eigenvalue weighted by molar-refractivity contribution is 5.99. The van der Waals surface area contributed by atoms with E-state index in [1.807, 2.05) is 13.8 Å². The van der Waals surface area contributed by atoms with Crippen LogP contribution in [-0.2, 0) is 42.7 Å². The molecule has 3 aliphatic heterocycles. The summed E-state index contributed by atoms with van der Waals surface area (Å²) < 4.78 is 43.0. The first-order chi connectivity index (χ1) is 25.8. The summed E-state index contributed by atoms with van der Waals surface area (Å²) in [5.41, 5.74) is 0.692. The zero-order chi connectivity index (χ0) is 38.8. The standard InChI is InChI=1S/C42H65NO11/c1-22(44)12-14-27-10-9-11-35(54-37-17-16-34(43(5)6)24(3)50-37)23(2)38(46)33-20-31-29(32(33)21-36(45)52-27)15-13-26-18-28(19-30(26)31)53-42-41(49-8)39(47)40(48-7)25(4)51-42/h12-15,20,22-32,34-35,37,39-42,44,47H,9-11,16-19,21H2,1-8H3/b14-12+/t22?,23-,24-,25+,26-,27-,28?,29?,30?,31?,32?,34+,35+,37?,39-,40+,41-,42+/m1/s1. The van der Waals surface area contributed by atoms with Gasteiger partial charge in [-0.1, -0.05) is 31.2 Å². The quantitative estimate of drug-likeness (QED) is 0.255. The van der Waals surface area contributed by atoms with Gasteiger partial charge in [-0.05, 0) is 115 Å². The van der Waals surface area contributed by atoms with Crippen LogP contribution in [0.4, 0.5) is 0 Å². The van der Waals surface area contributed by atoms with Crippen molar-refractivity contribution in [1.82, 2.24) is 4.90 Å². The number of Topliss-reactive ketones (excluding diaryl/α,β-unsaturated/α-hetero) is 1. The van der Waals surface area contributed by atoms with Crippen LogP contribution < -0.4 is 0 Å². The Morgan fingerprint density at radius 3 is 2.37 bits per heavy atom. The summed E-state index contributed by atoms with van der Waals surface area (Å²) in [6.45, 7) is 7.58. The Morgan fingerprint density at radius 1 is 0.926 bits per heavy atom. The number of likely N-dealkylation sites (N-methyl/N-ethyl adjacent to an activating group) is 1. The van der Waals surface area contributed by atoms with Crippen LogP contribution in [0.5, 0.6) is 0 Å². The molecule has 0 aromatic heterocycles. The first-order valence-electron chi connectivity index (χ1n) is 20.3. The summed E-state index contributed by atoms with van der Waals surface area (Å²) in [4.78, 5) is 30.5. The third kappa shape index (κ3) is 9.08. The summed E-state index contributed by atoms with van der Waals surface area (Å²) in [5, 5.41) is 20.9. The first-order valence-corrected chi connectivity index (χ1v) is 20.3. The van der Waals surface area contributed by atoms with Crippen molar-refractivity contribution in [3.8, 4) is 0 Å². The van der Waals surface area contributed by atoms with Crippen LogP contribution in [0, 0.1) is 35.5 Å². The minimum absolute atomic E-state index is 0.00444. The van der Waals surface area contributed by atoms with Gasteiger partial charge in [0.15, 0.2) is 18.4 Å². The SMILES string of the molecule is CO[C@@H]1[C@@H](O)[C@@H](OC)[C@H](OC2CC3C4C=C5C(=O)[C@H](C)[C@@H](OC6CC[C@H](N(C)C)[C@@H](C)O6)CCC[C@H](/C=C/C(C)O)OC(=O)CC5C4C=C[C@@H]3C2)O[C@H]1C. The van der Waals surface area contributed by atoms with Crippen LogP contribution in [0.1, 0.15) is 79.1 Å². The summed E-state index contributed by atoms with van der Waals surface area (Å²) in [6.07, 6.45) is 9.87. The molecule has 18 atom stereocenters. The van der Waals surface area contributed by atoms with Crippen LogP contribution in [-0.4, -0.2) is 129 Å². The lowest BCUT2D eigenvalue weighted by molar-refractivity contribution is -0.311. The van der Waals surface area contributed by atoms with E-state index in [2.05, 4.69) is 44.1 Å². The van der Waals surface area contributed by atoms with Gasteiger partial charge in [0.05, 0.1) is 36.9 Å². The Morgan fingerprint density at radius 2 is 1.69 bits per heavy atom. The topological polar surface area (TPSA) is 142 Å². The summed E-state index contributed by atoms with van der Waals surface area (Å²) in [5.74, 6) is -0.640. The van der Waals surface area contributed by atoms with E-state index in [-0.39, 0.29) is 72.2 Å². The number of aliphatic hydroxyl groups excluding tert-OH is 2. The Bertz CT molecular complexity index is 1380. The lowest BCUT2D eigenvalue weighted by Gasteiger charge is -2.42. The van der Waals surface area contributed by atoms with Crippen molar-refractivity contribution in [2.24, 2.45) is 35.5 Å². The second-order valence-electron chi connectivity index (χ2n) is 16.9. The number of ketones is 1. The van der Waals surface area contributed by atoms with E-state index in [4.69, 9.17) is 33.2 Å². The van der Waals surface area contributed by atoms with Gasteiger partial charge in [0.2, 0.25) is 0 Å². The van der Waals surface area contributed by atoms with E-state index in [1.165, 1.54) is 7.11 Å². The van der Waals surface area contributed by atoms with Crippen molar-refractivity contribution >= 4 is 11.8 Å². The van der Waals surface area contributed by atoms with E-state index >= 15 is 0 Å². The number of rotatable bonds is 9. The number of hydrogen-bond donors (Lipinski definition) is 2. The molecule has 3 aliphatic carbocycles. The van der Waals surface area contributed by atoms with Crippen LogP contribution in [0.3, 0.4) is 0 Å². The first kappa shape index (κ1) is 41.6. The molecule has 54 heavy (non-hydrogen) atoms. The maximum absolute atomic E-state index is 14.7. The molecule has 0 spiro atoms. The number of cyclic esters (lactones) is 1. The number of nitrogens with zero attached hydrogens (tertiary/aromatic N) is 1.